The fourth-order valence-corrected chi connectivity index (χ4v) is 2.79. The molecule has 0 aliphatic carbocycles. The minimum atomic E-state index is -1.04. The van der Waals surface area contributed by atoms with Crippen molar-refractivity contribution in [2.24, 2.45) is 0 Å². The van der Waals surface area contributed by atoms with Gasteiger partial charge in [-0.3, -0.25) is 9.69 Å². The monoisotopic (exact) mass is 416 g/mol. The van der Waals surface area contributed by atoms with Crippen LogP contribution in [0.5, 0.6) is 0 Å². The minimum absolute atomic E-state index is 0.277. The molecule has 2 amide bonds. The number of nitrogens with zero attached hydrogens (tertiary/aromatic N) is 1. The molecule has 0 saturated heterocycles. The normalized spacial score (nSPS) is 18.7. The van der Waals surface area contributed by atoms with Crippen molar-refractivity contribution in [2.75, 3.05) is 16.8 Å². The number of carbonyl (C=O) groups excluding carboxylic acids is 2. The molecule has 1 heterocycles. The van der Waals surface area contributed by atoms with Crippen molar-refractivity contribution in [3.8, 4) is 0 Å². The van der Waals surface area contributed by atoms with Crippen LogP contribution in [0.25, 0.3) is 0 Å². The SMILES string of the molecule is CC.CCN(C(=O)OC(C)(C)C)c1cc(F)cc2c1NC(=O)C2(C)Br. The van der Waals surface area contributed by atoms with Crippen LogP contribution < -0.4 is 10.2 Å². The summed E-state index contributed by atoms with van der Waals surface area (Å²) in [5, 5.41) is 2.71. The molecule has 0 aromatic heterocycles. The lowest BCUT2D eigenvalue weighted by molar-refractivity contribution is -0.117. The predicted octanol–water partition coefficient (Wildman–Crippen LogP) is 5.18. The highest BCUT2D eigenvalue weighted by atomic mass is 79.9. The quantitative estimate of drug-likeness (QED) is 0.675. The van der Waals surface area contributed by atoms with E-state index in [9.17, 15) is 14.0 Å². The Hall–Kier alpha value is -1.63. The van der Waals surface area contributed by atoms with Gasteiger partial charge in [0.05, 0.1) is 11.4 Å². The van der Waals surface area contributed by atoms with Gasteiger partial charge in [0.25, 0.3) is 0 Å². The lowest BCUT2D eigenvalue weighted by Gasteiger charge is -2.28. The van der Waals surface area contributed by atoms with Gasteiger partial charge in [0.15, 0.2) is 0 Å². The third-order valence-corrected chi connectivity index (χ3v) is 4.26. The first-order valence-electron chi connectivity index (χ1n) is 8.32. The molecule has 0 spiro atoms. The van der Waals surface area contributed by atoms with E-state index in [0.717, 1.165) is 0 Å². The molecule has 5 nitrogen and oxygen atoms in total. The van der Waals surface area contributed by atoms with Crippen molar-refractivity contribution in [3.63, 3.8) is 0 Å². The zero-order valence-corrected chi connectivity index (χ0v) is 17.4. The van der Waals surface area contributed by atoms with Crippen LogP contribution >= 0.6 is 15.9 Å². The van der Waals surface area contributed by atoms with Gasteiger partial charge in [-0.15, -0.1) is 0 Å². The predicted molar refractivity (Wildman–Crippen MR) is 102 cm³/mol. The molecule has 25 heavy (non-hydrogen) atoms. The van der Waals surface area contributed by atoms with Gasteiger partial charge in [-0.2, -0.15) is 0 Å². The first kappa shape index (κ1) is 21.4. The summed E-state index contributed by atoms with van der Waals surface area (Å²) < 4.78 is 18.4. The lowest BCUT2D eigenvalue weighted by Crippen LogP contribution is -2.37. The first-order chi connectivity index (χ1) is 11.5. The highest BCUT2D eigenvalue weighted by Crippen LogP contribution is 2.47. The van der Waals surface area contributed by atoms with Crippen molar-refractivity contribution in [2.45, 2.75) is 58.4 Å². The molecular formula is C18H26BrFN2O3. The van der Waals surface area contributed by atoms with Gasteiger partial charge in [0.1, 0.15) is 15.7 Å². The van der Waals surface area contributed by atoms with Crippen molar-refractivity contribution in [1.29, 1.82) is 0 Å². The summed E-state index contributed by atoms with van der Waals surface area (Å²) in [5.74, 6) is -0.831. The number of hydrogen-bond donors (Lipinski definition) is 1. The zero-order valence-electron chi connectivity index (χ0n) is 15.8. The number of nitrogens with one attached hydrogen (secondary N) is 1. The number of alkyl halides is 1. The van der Waals surface area contributed by atoms with Crippen molar-refractivity contribution in [1.82, 2.24) is 0 Å². The second-order valence-electron chi connectivity index (χ2n) is 6.53. The first-order valence-corrected chi connectivity index (χ1v) is 9.11. The lowest BCUT2D eigenvalue weighted by atomic mass is 10.0. The van der Waals surface area contributed by atoms with Gasteiger partial charge >= 0.3 is 6.09 Å². The number of anilines is 2. The van der Waals surface area contributed by atoms with Crippen LogP contribution in [-0.2, 0) is 13.9 Å². The molecule has 0 saturated carbocycles. The van der Waals surface area contributed by atoms with Crippen LogP contribution in [-0.4, -0.2) is 24.1 Å². The Morgan fingerprint density at radius 3 is 2.40 bits per heavy atom. The summed E-state index contributed by atoms with van der Waals surface area (Å²) in [6.45, 7) is 12.9. The maximum atomic E-state index is 14.1. The van der Waals surface area contributed by atoms with E-state index in [0.29, 0.717) is 11.3 Å². The maximum absolute atomic E-state index is 14.1. The molecule has 140 valence electrons. The summed E-state index contributed by atoms with van der Waals surface area (Å²) in [6, 6.07) is 2.51. The van der Waals surface area contributed by atoms with Gasteiger partial charge in [-0.25, -0.2) is 9.18 Å². The number of amides is 2. The van der Waals surface area contributed by atoms with Crippen LogP contribution in [0.1, 0.15) is 54.0 Å². The average molecular weight is 417 g/mol. The Kier molecular flexibility index (Phi) is 6.61. The maximum Gasteiger partial charge on any atom is 0.414 e. The van der Waals surface area contributed by atoms with E-state index < -0.39 is 21.8 Å². The van der Waals surface area contributed by atoms with E-state index in [1.165, 1.54) is 17.0 Å². The smallest absolute Gasteiger partial charge is 0.414 e. The Morgan fingerprint density at radius 2 is 1.92 bits per heavy atom. The van der Waals surface area contributed by atoms with Crippen LogP contribution in [0.15, 0.2) is 12.1 Å². The number of carbonyl (C=O) groups is 2. The largest absolute Gasteiger partial charge is 0.443 e. The Bertz CT molecular complexity index is 669. The summed E-state index contributed by atoms with van der Waals surface area (Å²) >= 11 is 3.32. The van der Waals surface area contributed by atoms with Gasteiger partial charge in [0, 0.05) is 12.1 Å². The molecule has 0 fully saturated rings. The summed E-state index contributed by atoms with van der Waals surface area (Å²) in [4.78, 5) is 25.8. The minimum Gasteiger partial charge on any atom is -0.443 e. The van der Waals surface area contributed by atoms with Crippen LogP contribution in [0, 0.1) is 5.82 Å². The standard InChI is InChI=1S/C16H20BrFN2O3.C2H6/c1-6-20(14(22)23-15(2,3)4)11-8-9(18)7-10-12(11)19-13(21)16(10,5)17;1-2/h7-8H,6H2,1-5H3,(H,19,21);1-2H3. The van der Waals surface area contributed by atoms with Crippen LogP contribution in [0.2, 0.25) is 0 Å². The van der Waals surface area contributed by atoms with Gasteiger partial charge in [-0.05, 0) is 46.8 Å². The molecule has 2 rings (SSSR count). The molecule has 1 aliphatic rings. The molecule has 1 aromatic rings. The number of fused-ring (bicyclic) bond motifs is 1. The van der Waals surface area contributed by atoms with E-state index in [1.54, 1.807) is 34.6 Å². The van der Waals surface area contributed by atoms with E-state index >= 15 is 0 Å². The molecule has 1 unspecified atom stereocenters. The van der Waals surface area contributed by atoms with E-state index in [1.807, 2.05) is 13.8 Å². The molecule has 1 aliphatic heterocycles. The third kappa shape index (κ3) is 4.51. The molecule has 1 atom stereocenters. The third-order valence-electron chi connectivity index (χ3n) is 3.47. The zero-order chi connectivity index (χ0) is 19.6. The summed E-state index contributed by atoms with van der Waals surface area (Å²) in [7, 11) is 0. The molecule has 1 aromatic carbocycles. The van der Waals surface area contributed by atoms with E-state index in [2.05, 4.69) is 21.2 Å². The summed E-state index contributed by atoms with van der Waals surface area (Å²) in [6.07, 6.45) is -0.592. The van der Waals surface area contributed by atoms with E-state index in [4.69, 9.17) is 4.74 Å². The highest BCUT2D eigenvalue weighted by Gasteiger charge is 2.43. The second kappa shape index (κ2) is 7.72. The van der Waals surface area contributed by atoms with Crippen molar-refractivity contribution >= 4 is 39.3 Å². The van der Waals surface area contributed by atoms with Gasteiger partial charge in [-0.1, -0.05) is 29.8 Å². The number of hydrogen-bond acceptors (Lipinski definition) is 3. The topological polar surface area (TPSA) is 58.6 Å². The molecule has 0 radical (unpaired) electrons. The number of halogens is 2. The van der Waals surface area contributed by atoms with Crippen molar-refractivity contribution < 1.29 is 18.7 Å². The molecule has 7 heteroatoms. The number of rotatable bonds is 2. The van der Waals surface area contributed by atoms with Gasteiger partial charge < -0.3 is 10.1 Å². The molecular weight excluding hydrogens is 391 g/mol. The number of ether oxygens (including phenoxy) is 1. The molecule has 0 bridgehead atoms. The summed E-state index contributed by atoms with van der Waals surface area (Å²) in [5.41, 5.74) is 0.491. The Labute approximate surface area is 157 Å². The average Bonchev–Trinajstić information content (AvgIpc) is 2.71. The van der Waals surface area contributed by atoms with Crippen LogP contribution in [0.3, 0.4) is 0 Å². The Morgan fingerprint density at radius 1 is 1.36 bits per heavy atom. The van der Waals surface area contributed by atoms with E-state index in [-0.39, 0.29) is 18.1 Å². The van der Waals surface area contributed by atoms with Crippen LogP contribution in [0.4, 0.5) is 20.6 Å². The fraction of sp³-hybridized carbons (Fsp3) is 0.556. The van der Waals surface area contributed by atoms with Gasteiger partial charge in [0.2, 0.25) is 5.91 Å². The second-order valence-corrected chi connectivity index (χ2v) is 8.12. The number of benzene rings is 1. The van der Waals surface area contributed by atoms with Crippen molar-refractivity contribution in [3.05, 3.63) is 23.5 Å². The molecule has 1 N–H and O–H groups in total. The highest BCUT2D eigenvalue weighted by molar-refractivity contribution is 9.10. The fourth-order valence-electron chi connectivity index (χ4n) is 2.38. The Balaban J connectivity index is 0.00000151.